The average Bonchev–Trinajstić information content (AvgIpc) is 2.81. The van der Waals surface area contributed by atoms with Crippen molar-refractivity contribution in [3.8, 4) is 11.5 Å². The first-order valence-electron chi connectivity index (χ1n) is 5.35. The van der Waals surface area contributed by atoms with Gasteiger partial charge in [0.15, 0.2) is 11.5 Å². The minimum atomic E-state index is -1.02. The van der Waals surface area contributed by atoms with E-state index < -0.39 is 5.97 Å². The van der Waals surface area contributed by atoms with Crippen LogP contribution in [0.15, 0.2) is 35.1 Å². The smallest absolute Gasteiger partial charge is 0.337 e. The molecule has 3 aromatic heterocycles. The first kappa shape index (κ1) is 11.8. The van der Waals surface area contributed by atoms with Crippen molar-refractivity contribution in [1.29, 1.82) is 0 Å². The average molecular weight is 319 g/mol. The Morgan fingerprint density at radius 1 is 1.37 bits per heavy atom. The van der Waals surface area contributed by atoms with Gasteiger partial charge in [0.1, 0.15) is 5.69 Å². The number of carbonyl (C=O) groups is 1. The van der Waals surface area contributed by atoms with Crippen molar-refractivity contribution in [1.82, 2.24) is 19.9 Å². The summed E-state index contributed by atoms with van der Waals surface area (Å²) >= 11 is 3.39. The van der Waals surface area contributed by atoms with Crippen LogP contribution in [0.4, 0.5) is 0 Å². The number of nitrogens with one attached hydrogen (secondary N) is 1. The zero-order valence-corrected chi connectivity index (χ0v) is 11.0. The molecular weight excluding hydrogens is 312 g/mol. The first-order chi connectivity index (χ1) is 9.15. The third-order valence-corrected chi connectivity index (χ3v) is 3.21. The minimum Gasteiger partial charge on any atom is -0.478 e. The molecule has 0 aliphatic rings. The molecule has 0 radical (unpaired) electrons. The predicted octanol–water partition coefficient (Wildman–Crippen LogP) is 2.48. The van der Waals surface area contributed by atoms with E-state index in [1.54, 1.807) is 12.3 Å². The topological polar surface area (TPSA) is 91.8 Å². The van der Waals surface area contributed by atoms with Gasteiger partial charge in [-0.1, -0.05) is 0 Å². The van der Waals surface area contributed by atoms with E-state index in [2.05, 4.69) is 35.9 Å². The van der Waals surface area contributed by atoms with Gasteiger partial charge in [0.25, 0.3) is 0 Å². The Morgan fingerprint density at radius 2 is 2.21 bits per heavy atom. The van der Waals surface area contributed by atoms with Gasteiger partial charge in [-0.2, -0.15) is 0 Å². The highest BCUT2D eigenvalue weighted by Gasteiger charge is 2.12. The Labute approximate surface area is 115 Å². The fourth-order valence-corrected chi connectivity index (χ4v) is 2.13. The Balaban J connectivity index is 2.17. The number of H-pyrrole nitrogens is 1. The molecule has 19 heavy (non-hydrogen) atoms. The van der Waals surface area contributed by atoms with Crippen LogP contribution in [0.1, 0.15) is 10.4 Å². The van der Waals surface area contributed by atoms with Crippen LogP contribution >= 0.6 is 15.9 Å². The second-order valence-electron chi connectivity index (χ2n) is 3.82. The van der Waals surface area contributed by atoms with E-state index in [0.29, 0.717) is 22.7 Å². The van der Waals surface area contributed by atoms with Crippen molar-refractivity contribution < 1.29 is 9.90 Å². The fourth-order valence-electron chi connectivity index (χ4n) is 1.69. The summed E-state index contributed by atoms with van der Waals surface area (Å²) in [5.41, 5.74) is 1.78. The van der Waals surface area contributed by atoms with E-state index in [1.165, 1.54) is 12.3 Å². The van der Waals surface area contributed by atoms with Crippen molar-refractivity contribution >= 4 is 33.1 Å². The molecule has 94 valence electrons. The number of rotatable bonds is 2. The SMILES string of the molecule is O=C(O)c1cnc2nc(-c3ncccc3Br)[nH]c2c1. The summed E-state index contributed by atoms with van der Waals surface area (Å²) in [4.78, 5) is 26.4. The number of nitrogens with zero attached hydrogens (tertiary/aromatic N) is 3. The van der Waals surface area contributed by atoms with Gasteiger partial charge in [0.2, 0.25) is 0 Å². The van der Waals surface area contributed by atoms with Gasteiger partial charge in [-0.25, -0.2) is 14.8 Å². The molecule has 0 aliphatic heterocycles. The highest BCUT2D eigenvalue weighted by Crippen LogP contribution is 2.24. The summed E-state index contributed by atoms with van der Waals surface area (Å²) < 4.78 is 0.799. The van der Waals surface area contributed by atoms with Gasteiger partial charge in [-0.3, -0.25) is 4.98 Å². The second-order valence-corrected chi connectivity index (χ2v) is 4.67. The predicted molar refractivity (Wildman–Crippen MR) is 71.8 cm³/mol. The number of aromatic nitrogens is 4. The highest BCUT2D eigenvalue weighted by molar-refractivity contribution is 9.10. The van der Waals surface area contributed by atoms with E-state index >= 15 is 0 Å². The van der Waals surface area contributed by atoms with Crippen molar-refractivity contribution in [3.63, 3.8) is 0 Å². The van der Waals surface area contributed by atoms with Crippen molar-refractivity contribution in [2.75, 3.05) is 0 Å². The molecule has 6 nitrogen and oxygen atoms in total. The maximum absolute atomic E-state index is 10.9. The molecule has 0 unspecified atom stereocenters. The van der Waals surface area contributed by atoms with Gasteiger partial charge in [-0.05, 0) is 34.1 Å². The van der Waals surface area contributed by atoms with Crippen LogP contribution in [0.2, 0.25) is 0 Å². The maximum atomic E-state index is 10.9. The van der Waals surface area contributed by atoms with Crippen LogP contribution < -0.4 is 0 Å². The molecule has 0 amide bonds. The largest absolute Gasteiger partial charge is 0.478 e. The number of hydrogen-bond acceptors (Lipinski definition) is 4. The summed E-state index contributed by atoms with van der Waals surface area (Å²) in [6.45, 7) is 0. The monoisotopic (exact) mass is 318 g/mol. The number of carboxylic acids is 1. The van der Waals surface area contributed by atoms with Crippen LogP contribution in [0.5, 0.6) is 0 Å². The molecule has 2 N–H and O–H groups in total. The molecule has 3 aromatic rings. The third-order valence-electron chi connectivity index (χ3n) is 2.57. The zero-order chi connectivity index (χ0) is 13.4. The zero-order valence-electron chi connectivity index (χ0n) is 9.46. The summed E-state index contributed by atoms with van der Waals surface area (Å²) in [7, 11) is 0. The number of imidazole rings is 1. The number of aromatic amines is 1. The molecule has 3 rings (SSSR count). The molecule has 0 fully saturated rings. The summed E-state index contributed by atoms with van der Waals surface area (Å²) in [6.07, 6.45) is 2.94. The summed E-state index contributed by atoms with van der Waals surface area (Å²) in [5, 5.41) is 8.92. The first-order valence-corrected chi connectivity index (χ1v) is 6.14. The van der Waals surface area contributed by atoms with Gasteiger partial charge in [0, 0.05) is 16.9 Å². The van der Waals surface area contributed by atoms with E-state index in [9.17, 15) is 4.79 Å². The molecule has 0 saturated carbocycles. The highest BCUT2D eigenvalue weighted by atomic mass is 79.9. The van der Waals surface area contributed by atoms with E-state index in [0.717, 1.165) is 4.47 Å². The lowest BCUT2D eigenvalue weighted by atomic mass is 10.3. The Kier molecular flexibility index (Phi) is 2.75. The number of carboxylic acid groups (broad SMARTS) is 1. The Hall–Kier alpha value is -2.28. The molecule has 3 heterocycles. The lowest BCUT2D eigenvalue weighted by molar-refractivity contribution is 0.0696. The molecule has 0 aromatic carbocycles. The quantitative estimate of drug-likeness (QED) is 0.757. The van der Waals surface area contributed by atoms with Crippen LogP contribution in [0.3, 0.4) is 0 Å². The summed E-state index contributed by atoms with van der Waals surface area (Å²) in [5.74, 6) is -0.484. The molecule has 0 aliphatic carbocycles. The van der Waals surface area contributed by atoms with Gasteiger partial charge in [-0.15, -0.1) is 0 Å². The fraction of sp³-hybridized carbons (Fsp3) is 0. The standard InChI is InChI=1S/C12H7BrN4O2/c13-7-2-1-3-14-9(7)11-16-8-4-6(12(18)19)5-15-10(8)17-11/h1-5H,(H,18,19)(H,15,16,17). The van der Waals surface area contributed by atoms with Crippen LogP contribution in [0.25, 0.3) is 22.7 Å². The van der Waals surface area contributed by atoms with Crippen molar-refractivity contribution in [2.24, 2.45) is 0 Å². The second kappa shape index (κ2) is 4.43. The maximum Gasteiger partial charge on any atom is 0.337 e. The van der Waals surface area contributed by atoms with Crippen LogP contribution in [0, 0.1) is 0 Å². The van der Waals surface area contributed by atoms with Crippen molar-refractivity contribution in [2.45, 2.75) is 0 Å². The minimum absolute atomic E-state index is 0.114. The van der Waals surface area contributed by atoms with E-state index in [-0.39, 0.29) is 5.56 Å². The molecule has 7 heteroatoms. The third kappa shape index (κ3) is 2.08. The lowest BCUT2D eigenvalue weighted by Crippen LogP contribution is -1.96. The van der Waals surface area contributed by atoms with Crippen LogP contribution in [-0.4, -0.2) is 31.0 Å². The Bertz CT molecular complexity index is 784. The number of pyridine rings is 2. The Morgan fingerprint density at radius 3 is 2.95 bits per heavy atom. The van der Waals surface area contributed by atoms with Gasteiger partial charge < -0.3 is 10.1 Å². The molecular formula is C12H7BrN4O2. The van der Waals surface area contributed by atoms with Crippen LogP contribution in [-0.2, 0) is 0 Å². The molecule has 0 bridgehead atoms. The van der Waals surface area contributed by atoms with E-state index in [1.807, 2.05) is 6.07 Å². The number of aromatic carboxylic acids is 1. The number of hydrogen-bond donors (Lipinski definition) is 2. The normalized spacial score (nSPS) is 10.8. The number of fused-ring (bicyclic) bond motifs is 1. The van der Waals surface area contributed by atoms with Gasteiger partial charge in [0.05, 0.1) is 11.1 Å². The summed E-state index contributed by atoms with van der Waals surface area (Å²) in [6, 6.07) is 5.15. The number of halogens is 1. The molecule has 0 saturated heterocycles. The van der Waals surface area contributed by atoms with Gasteiger partial charge >= 0.3 is 5.97 Å². The van der Waals surface area contributed by atoms with E-state index in [4.69, 9.17) is 5.11 Å². The molecule has 0 atom stereocenters. The van der Waals surface area contributed by atoms with Crippen molar-refractivity contribution in [3.05, 3.63) is 40.6 Å². The molecule has 0 spiro atoms. The lowest BCUT2D eigenvalue weighted by Gasteiger charge is -1.97.